The molecule has 1 atom stereocenters. The van der Waals surface area contributed by atoms with Crippen LogP contribution in [0.1, 0.15) is 6.42 Å². The summed E-state index contributed by atoms with van der Waals surface area (Å²) >= 11 is 0. The minimum atomic E-state index is -0.802. The number of ether oxygens (including phenoxy) is 1. The van der Waals surface area contributed by atoms with Gasteiger partial charge in [0, 0.05) is 0 Å². The van der Waals surface area contributed by atoms with E-state index in [1.54, 1.807) is 36.4 Å². The van der Waals surface area contributed by atoms with Gasteiger partial charge in [0.25, 0.3) is 5.91 Å². The number of para-hydroxylation sites is 3. The minimum absolute atomic E-state index is 0.0365. The van der Waals surface area contributed by atoms with E-state index >= 15 is 0 Å². The van der Waals surface area contributed by atoms with Gasteiger partial charge in [-0.3, -0.25) is 9.59 Å². The number of carbonyl (C=O) groups excluding carboxylic acids is 2. The van der Waals surface area contributed by atoms with Gasteiger partial charge in [-0.2, -0.15) is 0 Å². The summed E-state index contributed by atoms with van der Waals surface area (Å²) in [6.07, 6.45) is -0.0365. The van der Waals surface area contributed by atoms with E-state index in [0.717, 1.165) is 4.90 Å². The molecule has 0 spiro atoms. The van der Waals surface area contributed by atoms with Crippen LogP contribution in [0.2, 0.25) is 0 Å². The van der Waals surface area contributed by atoms with E-state index in [2.05, 4.69) is 5.32 Å². The van der Waals surface area contributed by atoms with Gasteiger partial charge < -0.3 is 10.1 Å². The van der Waals surface area contributed by atoms with E-state index in [1.165, 1.54) is 19.2 Å². The van der Waals surface area contributed by atoms with E-state index in [4.69, 9.17) is 4.74 Å². The molecule has 1 N–H and O–H groups in total. The third kappa shape index (κ3) is 2.75. The molecule has 1 unspecified atom stereocenters. The van der Waals surface area contributed by atoms with Crippen LogP contribution in [0.25, 0.3) is 0 Å². The van der Waals surface area contributed by atoms with Gasteiger partial charge in [-0.1, -0.05) is 24.3 Å². The number of nitrogens with one attached hydrogen (secondary N) is 1. The van der Waals surface area contributed by atoms with Crippen LogP contribution in [-0.2, 0) is 9.59 Å². The molecule has 118 valence electrons. The zero-order chi connectivity index (χ0) is 16.4. The molecule has 0 radical (unpaired) electrons. The predicted octanol–water partition coefficient (Wildman–Crippen LogP) is 2.58. The number of nitrogens with zero attached hydrogens (tertiary/aromatic N) is 1. The van der Waals surface area contributed by atoms with Crippen LogP contribution in [0.4, 0.5) is 15.8 Å². The molecule has 1 saturated heterocycles. The van der Waals surface area contributed by atoms with Crippen molar-refractivity contribution in [3.63, 3.8) is 0 Å². The molecule has 2 amide bonds. The molecule has 1 aliphatic rings. The fourth-order valence-corrected chi connectivity index (χ4v) is 2.58. The first kappa shape index (κ1) is 15.0. The van der Waals surface area contributed by atoms with Crippen LogP contribution in [0.5, 0.6) is 5.75 Å². The number of methoxy groups -OCH3 is 1. The molecular weight excluding hydrogens is 299 g/mol. The lowest BCUT2D eigenvalue weighted by Gasteiger charge is -2.18. The highest BCUT2D eigenvalue weighted by atomic mass is 19.1. The molecule has 0 aromatic heterocycles. The van der Waals surface area contributed by atoms with Crippen molar-refractivity contribution in [2.45, 2.75) is 12.5 Å². The Morgan fingerprint density at radius 1 is 1.13 bits per heavy atom. The van der Waals surface area contributed by atoms with Crippen LogP contribution in [-0.4, -0.2) is 25.0 Å². The highest BCUT2D eigenvalue weighted by Gasteiger charge is 2.40. The number of anilines is 2. The second-order valence-electron chi connectivity index (χ2n) is 5.12. The van der Waals surface area contributed by atoms with E-state index in [-0.39, 0.29) is 18.0 Å². The lowest BCUT2D eigenvalue weighted by atomic mass is 10.2. The highest BCUT2D eigenvalue weighted by molar-refractivity contribution is 6.23. The van der Waals surface area contributed by atoms with Crippen LogP contribution in [0.15, 0.2) is 48.5 Å². The van der Waals surface area contributed by atoms with Gasteiger partial charge >= 0.3 is 0 Å². The molecule has 2 aromatic rings. The average Bonchev–Trinajstić information content (AvgIpc) is 2.83. The molecule has 23 heavy (non-hydrogen) atoms. The molecule has 5 nitrogen and oxygen atoms in total. The van der Waals surface area contributed by atoms with E-state index in [9.17, 15) is 14.0 Å². The van der Waals surface area contributed by atoms with Crippen molar-refractivity contribution in [1.82, 2.24) is 0 Å². The molecule has 0 bridgehead atoms. The van der Waals surface area contributed by atoms with Gasteiger partial charge in [-0.25, -0.2) is 9.29 Å². The molecule has 1 heterocycles. The Morgan fingerprint density at radius 3 is 2.57 bits per heavy atom. The normalized spacial score (nSPS) is 17.5. The van der Waals surface area contributed by atoms with Crippen molar-refractivity contribution in [3.05, 3.63) is 54.3 Å². The van der Waals surface area contributed by atoms with Crippen molar-refractivity contribution >= 4 is 23.2 Å². The summed E-state index contributed by atoms with van der Waals surface area (Å²) in [5.74, 6) is -0.819. The molecule has 1 fully saturated rings. The van der Waals surface area contributed by atoms with E-state index in [1.807, 2.05) is 0 Å². The van der Waals surface area contributed by atoms with Gasteiger partial charge in [-0.05, 0) is 24.3 Å². The second kappa shape index (κ2) is 6.08. The van der Waals surface area contributed by atoms with E-state index in [0.29, 0.717) is 11.4 Å². The Morgan fingerprint density at radius 2 is 1.83 bits per heavy atom. The minimum Gasteiger partial charge on any atom is -0.495 e. The maximum absolute atomic E-state index is 13.7. The number of rotatable bonds is 4. The van der Waals surface area contributed by atoms with Gasteiger partial charge in [0.15, 0.2) is 0 Å². The first-order valence-electron chi connectivity index (χ1n) is 7.12. The van der Waals surface area contributed by atoms with Crippen molar-refractivity contribution in [2.75, 3.05) is 17.3 Å². The van der Waals surface area contributed by atoms with Crippen molar-refractivity contribution < 1.29 is 18.7 Å². The van der Waals surface area contributed by atoms with Crippen LogP contribution < -0.4 is 15.0 Å². The SMILES string of the molecule is COc1ccccc1N1C(=O)CC(Nc2ccccc2F)C1=O. The Kier molecular flexibility index (Phi) is 3.97. The molecule has 0 aliphatic carbocycles. The number of hydrogen-bond acceptors (Lipinski definition) is 4. The highest BCUT2D eigenvalue weighted by Crippen LogP contribution is 2.32. The number of hydrogen-bond donors (Lipinski definition) is 1. The third-order valence-electron chi connectivity index (χ3n) is 3.68. The monoisotopic (exact) mass is 314 g/mol. The predicted molar refractivity (Wildman–Crippen MR) is 83.9 cm³/mol. The lowest BCUT2D eigenvalue weighted by molar-refractivity contribution is -0.121. The first-order chi connectivity index (χ1) is 11.1. The zero-order valence-electron chi connectivity index (χ0n) is 12.5. The smallest absolute Gasteiger partial charge is 0.256 e. The van der Waals surface area contributed by atoms with Crippen molar-refractivity contribution in [1.29, 1.82) is 0 Å². The summed E-state index contributed by atoms with van der Waals surface area (Å²) in [4.78, 5) is 25.9. The molecule has 3 rings (SSSR count). The Labute approximate surface area is 132 Å². The van der Waals surface area contributed by atoms with Crippen LogP contribution >= 0.6 is 0 Å². The Hall–Kier alpha value is -2.89. The summed E-state index contributed by atoms with van der Waals surface area (Å²) in [5.41, 5.74) is 0.586. The topological polar surface area (TPSA) is 58.6 Å². The molecule has 6 heteroatoms. The van der Waals surface area contributed by atoms with E-state index < -0.39 is 17.8 Å². The summed E-state index contributed by atoms with van der Waals surface area (Å²) in [6, 6.07) is 12.0. The van der Waals surface area contributed by atoms with Gasteiger partial charge in [0.05, 0.1) is 24.9 Å². The van der Waals surface area contributed by atoms with Gasteiger partial charge in [-0.15, -0.1) is 0 Å². The molecule has 0 saturated carbocycles. The third-order valence-corrected chi connectivity index (χ3v) is 3.68. The maximum Gasteiger partial charge on any atom is 0.256 e. The Bertz CT molecular complexity index is 763. The fourth-order valence-electron chi connectivity index (χ4n) is 2.58. The molecule has 2 aromatic carbocycles. The quantitative estimate of drug-likeness (QED) is 0.881. The standard InChI is InChI=1S/C17H15FN2O3/c1-23-15-9-5-4-8-14(15)20-16(21)10-13(17(20)22)19-12-7-3-2-6-11(12)18/h2-9,13,19H,10H2,1H3. The summed E-state index contributed by atoms with van der Waals surface area (Å²) in [6.45, 7) is 0. The molecule has 1 aliphatic heterocycles. The summed E-state index contributed by atoms with van der Waals surface area (Å²) < 4.78 is 18.9. The average molecular weight is 314 g/mol. The largest absolute Gasteiger partial charge is 0.495 e. The van der Waals surface area contributed by atoms with Crippen molar-refractivity contribution in [2.24, 2.45) is 0 Å². The number of carbonyl (C=O) groups is 2. The number of halogens is 1. The fraction of sp³-hybridized carbons (Fsp3) is 0.176. The van der Waals surface area contributed by atoms with Crippen LogP contribution in [0.3, 0.4) is 0 Å². The lowest BCUT2D eigenvalue weighted by Crippen LogP contribution is -2.35. The second-order valence-corrected chi connectivity index (χ2v) is 5.12. The van der Waals surface area contributed by atoms with Crippen LogP contribution in [0, 0.1) is 5.82 Å². The van der Waals surface area contributed by atoms with Gasteiger partial charge in [0.2, 0.25) is 5.91 Å². The summed E-state index contributed by atoms with van der Waals surface area (Å²) in [5, 5.41) is 2.80. The zero-order valence-corrected chi connectivity index (χ0v) is 12.5. The van der Waals surface area contributed by atoms with Crippen molar-refractivity contribution in [3.8, 4) is 5.75 Å². The summed E-state index contributed by atoms with van der Waals surface area (Å²) in [7, 11) is 1.47. The van der Waals surface area contributed by atoms with Gasteiger partial charge in [0.1, 0.15) is 17.6 Å². The number of benzene rings is 2. The first-order valence-corrected chi connectivity index (χ1v) is 7.12. The maximum atomic E-state index is 13.7. The number of amides is 2. The molecular formula is C17H15FN2O3. The number of imide groups is 1. The Balaban J connectivity index is 1.87.